The number of rotatable bonds is 4. The second-order valence-electron chi connectivity index (χ2n) is 4.51. The zero-order valence-corrected chi connectivity index (χ0v) is 11.7. The summed E-state index contributed by atoms with van der Waals surface area (Å²) in [7, 11) is 0. The van der Waals surface area contributed by atoms with E-state index in [9.17, 15) is 14.9 Å². The maximum Gasteiger partial charge on any atom is 0.320 e. The van der Waals surface area contributed by atoms with Crippen molar-refractivity contribution in [2.24, 2.45) is 0 Å². The van der Waals surface area contributed by atoms with E-state index in [2.05, 4.69) is 15.9 Å². The molecule has 0 aliphatic carbocycles. The van der Waals surface area contributed by atoms with E-state index in [1.54, 1.807) is 12.1 Å². The fourth-order valence-electron chi connectivity index (χ4n) is 2.33. The minimum atomic E-state index is -0.830. The van der Waals surface area contributed by atoms with Crippen molar-refractivity contribution >= 4 is 27.6 Å². The number of aliphatic carboxylic acids is 1. The third-order valence-corrected chi connectivity index (χ3v) is 3.91. The Hall–Kier alpha value is -1.47. The number of carboxylic acid groups (broad SMARTS) is 1. The van der Waals surface area contributed by atoms with Crippen molar-refractivity contribution in [1.82, 2.24) is 4.90 Å². The highest BCUT2D eigenvalue weighted by Gasteiger charge is 2.30. The summed E-state index contributed by atoms with van der Waals surface area (Å²) < 4.78 is 0.428. The van der Waals surface area contributed by atoms with E-state index in [-0.39, 0.29) is 5.69 Å². The van der Waals surface area contributed by atoms with Crippen LogP contribution in [0.5, 0.6) is 0 Å². The summed E-state index contributed by atoms with van der Waals surface area (Å²) in [4.78, 5) is 23.3. The first-order valence-electron chi connectivity index (χ1n) is 5.88. The molecule has 2 rings (SSSR count). The molecule has 1 saturated heterocycles. The fraction of sp³-hybridized carbons (Fsp3) is 0.417. The van der Waals surface area contributed by atoms with Crippen LogP contribution in [-0.2, 0) is 11.3 Å². The van der Waals surface area contributed by atoms with Crippen LogP contribution in [0.25, 0.3) is 0 Å². The van der Waals surface area contributed by atoms with Gasteiger partial charge in [-0.15, -0.1) is 0 Å². The average molecular weight is 329 g/mol. The van der Waals surface area contributed by atoms with Gasteiger partial charge in [0, 0.05) is 12.6 Å². The Balaban J connectivity index is 2.17. The standard InChI is InChI=1S/C12H13BrN2O4/c13-9-4-3-8(6-11(9)15(18)19)7-14-5-1-2-10(14)12(16)17/h3-4,6,10H,1-2,5,7H2,(H,16,17)/t10-/m1/s1. The van der Waals surface area contributed by atoms with Crippen LogP contribution in [0.4, 0.5) is 5.69 Å². The number of carbonyl (C=O) groups is 1. The molecule has 7 heteroatoms. The Bertz CT molecular complexity index is 520. The third-order valence-electron chi connectivity index (χ3n) is 3.24. The molecule has 1 aromatic carbocycles. The highest BCUT2D eigenvalue weighted by Crippen LogP contribution is 2.27. The maximum atomic E-state index is 11.1. The summed E-state index contributed by atoms with van der Waals surface area (Å²) in [5.74, 6) is -0.830. The van der Waals surface area contributed by atoms with E-state index in [1.807, 2.05) is 4.90 Å². The molecule has 1 N–H and O–H groups in total. The van der Waals surface area contributed by atoms with Gasteiger partial charge in [-0.25, -0.2) is 0 Å². The molecule has 19 heavy (non-hydrogen) atoms. The van der Waals surface area contributed by atoms with E-state index >= 15 is 0 Å². The van der Waals surface area contributed by atoms with E-state index in [0.29, 0.717) is 24.0 Å². The van der Waals surface area contributed by atoms with Crippen molar-refractivity contribution in [3.8, 4) is 0 Å². The Morgan fingerprint density at radius 1 is 1.58 bits per heavy atom. The molecule has 0 saturated carbocycles. The van der Waals surface area contributed by atoms with Gasteiger partial charge in [0.25, 0.3) is 5.69 Å². The summed E-state index contributed by atoms with van der Waals surface area (Å²) in [6.07, 6.45) is 1.48. The van der Waals surface area contributed by atoms with Gasteiger partial charge >= 0.3 is 5.97 Å². The number of nitrogens with zero attached hydrogens (tertiary/aromatic N) is 2. The Morgan fingerprint density at radius 3 is 2.95 bits per heavy atom. The highest BCUT2D eigenvalue weighted by atomic mass is 79.9. The zero-order valence-electron chi connectivity index (χ0n) is 10.1. The molecule has 0 spiro atoms. The van der Waals surface area contributed by atoms with Crippen LogP contribution in [0.3, 0.4) is 0 Å². The van der Waals surface area contributed by atoms with Gasteiger partial charge in [0.15, 0.2) is 0 Å². The van der Waals surface area contributed by atoms with Crippen molar-refractivity contribution in [3.05, 3.63) is 38.3 Å². The first-order valence-corrected chi connectivity index (χ1v) is 6.68. The van der Waals surface area contributed by atoms with Gasteiger partial charge in [-0.3, -0.25) is 19.8 Å². The number of carboxylic acids is 1. The lowest BCUT2D eigenvalue weighted by Crippen LogP contribution is -2.35. The van der Waals surface area contributed by atoms with E-state index in [1.165, 1.54) is 6.07 Å². The van der Waals surface area contributed by atoms with Crippen molar-refractivity contribution in [3.63, 3.8) is 0 Å². The first-order chi connectivity index (χ1) is 8.99. The van der Waals surface area contributed by atoms with Gasteiger partial charge in [0.2, 0.25) is 0 Å². The minimum absolute atomic E-state index is 0.00331. The van der Waals surface area contributed by atoms with Gasteiger partial charge in [-0.05, 0) is 46.9 Å². The van der Waals surface area contributed by atoms with Crippen LogP contribution >= 0.6 is 15.9 Å². The lowest BCUT2D eigenvalue weighted by molar-refractivity contribution is -0.385. The number of benzene rings is 1. The van der Waals surface area contributed by atoms with Crippen LogP contribution in [0, 0.1) is 10.1 Å². The van der Waals surface area contributed by atoms with Crippen LogP contribution in [0.15, 0.2) is 22.7 Å². The molecule has 6 nitrogen and oxygen atoms in total. The number of halogens is 1. The number of nitro groups is 1. The molecule has 0 amide bonds. The summed E-state index contributed by atoms with van der Waals surface area (Å²) in [6, 6.07) is 4.40. The second kappa shape index (κ2) is 5.66. The topological polar surface area (TPSA) is 83.7 Å². The molecule has 0 unspecified atom stereocenters. The van der Waals surface area contributed by atoms with Gasteiger partial charge in [0.05, 0.1) is 9.40 Å². The molecule has 1 atom stereocenters. The van der Waals surface area contributed by atoms with E-state index < -0.39 is 16.9 Å². The second-order valence-corrected chi connectivity index (χ2v) is 5.36. The zero-order chi connectivity index (χ0) is 14.0. The Morgan fingerprint density at radius 2 is 2.32 bits per heavy atom. The third kappa shape index (κ3) is 3.10. The van der Waals surface area contributed by atoms with E-state index in [4.69, 9.17) is 5.11 Å². The molecular weight excluding hydrogens is 316 g/mol. The summed E-state index contributed by atoms with van der Waals surface area (Å²) in [6.45, 7) is 1.13. The van der Waals surface area contributed by atoms with Crippen molar-refractivity contribution in [2.45, 2.75) is 25.4 Å². The van der Waals surface area contributed by atoms with E-state index in [0.717, 1.165) is 12.0 Å². The normalized spacial score (nSPS) is 19.5. The largest absolute Gasteiger partial charge is 0.480 e. The SMILES string of the molecule is O=C(O)[C@H]1CCCN1Cc1ccc(Br)c([N+](=O)[O-])c1. The Labute approximate surface area is 118 Å². The molecule has 0 radical (unpaired) electrons. The van der Waals surface area contributed by atoms with Crippen LogP contribution < -0.4 is 0 Å². The monoisotopic (exact) mass is 328 g/mol. The smallest absolute Gasteiger partial charge is 0.320 e. The van der Waals surface area contributed by atoms with Crippen molar-refractivity contribution in [2.75, 3.05) is 6.54 Å². The molecule has 1 aliphatic rings. The van der Waals surface area contributed by atoms with Crippen LogP contribution in [-0.4, -0.2) is 33.5 Å². The summed E-state index contributed by atoms with van der Waals surface area (Å²) in [5, 5.41) is 19.9. The van der Waals surface area contributed by atoms with Gasteiger partial charge in [-0.1, -0.05) is 6.07 Å². The van der Waals surface area contributed by atoms with Crippen LogP contribution in [0.2, 0.25) is 0 Å². The number of nitro benzene ring substituents is 1. The molecule has 102 valence electrons. The van der Waals surface area contributed by atoms with Gasteiger partial charge < -0.3 is 5.11 Å². The summed E-state index contributed by atoms with van der Waals surface area (Å²) in [5.41, 5.74) is 0.756. The first kappa shape index (κ1) is 14.0. The van der Waals surface area contributed by atoms with Crippen LogP contribution in [0.1, 0.15) is 18.4 Å². The minimum Gasteiger partial charge on any atom is -0.480 e. The summed E-state index contributed by atoms with van der Waals surface area (Å²) >= 11 is 3.13. The molecular formula is C12H13BrN2O4. The molecule has 0 aromatic heterocycles. The molecule has 1 aliphatic heterocycles. The fourth-order valence-corrected chi connectivity index (χ4v) is 2.72. The molecule has 1 heterocycles. The molecule has 1 fully saturated rings. The predicted molar refractivity (Wildman–Crippen MR) is 71.9 cm³/mol. The highest BCUT2D eigenvalue weighted by molar-refractivity contribution is 9.10. The van der Waals surface area contributed by atoms with Crippen molar-refractivity contribution < 1.29 is 14.8 Å². The quantitative estimate of drug-likeness (QED) is 0.677. The van der Waals surface area contributed by atoms with Gasteiger partial charge in [-0.2, -0.15) is 0 Å². The molecule has 0 bridgehead atoms. The average Bonchev–Trinajstić information content (AvgIpc) is 2.79. The van der Waals surface area contributed by atoms with Crippen molar-refractivity contribution in [1.29, 1.82) is 0 Å². The Kier molecular flexibility index (Phi) is 4.16. The molecule has 1 aromatic rings. The number of hydrogen-bond donors (Lipinski definition) is 1. The predicted octanol–water partition coefficient (Wildman–Crippen LogP) is 2.41. The number of hydrogen-bond acceptors (Lipinski definition) is 4. The van der Waals surface area contributed by atoms with Gasteiger partial charge in [0.1, 0.15) is 6.04 Å². The lowest BCUT2D eigenvalue weighted by atomic mass is 10.1. The maximum absolute atomic E-state index is 11.1. The number of likely N-dealkylation sites (tertiary alicyclic amines) is 1. The lowest BCUT2D eigenvalue weighted by Gasteiger charge is -2.20.